The van der Waals surface area contributed by atoms with E-state index in [1.54, 1.807) is 37.3 Å². The van der Waals surface area contributed by atoms with E-state index in [4.69, 9.17) is 39.5 Å². The molecule has 2 aromatic rings. The Labute approximate surface area is 192 Å². The second-order valence-corrected chi connectivity index (χ2v) is 8.19. The molecule has 0 aromatic heterocycles. The molecule has 1 atom stereocenters. The molecule has 2 aromatic carbocycles. The first-order valence-electron chi connectivity index (χ1n) is 9.54. The lowest BCUT2D eigenvalue weighted by Crippen LogP contribution is -2.49. The monoisotopic (exact) mass is 470 g/mol. The van der Waals surface area contributed by atoms with Gasteiger partial charge in [-0.2, -0.15) is 0 Å². The first-order valence-corrected chi connectivity index (χ1v) is 10.7. The molecule has 30 heavy (non-hydrogen) atoms. The fourth-order valence-electron chi connectivity index (χ4n) is 2.96. The van der Waals surface area contributed by atoms with E-state index in [0.717, 1.165) is 16.7 Å². The molecule has 2 amide bonds. The molecule has 0 bridgehead atoms. The molecule has 0 aliphatic carbocycles. The number of likely N-dealkylation sites (N-methyl/N-ethyl adjacent to an activating group) is 1. The van der Waals surface area contributed by atoms with Crippen molar-refractivity contribution in [2.75, 3.05) is 13.2 Å². The minimum atomic E-state index is -0.691. The van der Waals surface area contributed by atoms with Gasteiger partial charge < -0.3 is 15.0 Å². The van der Waals surface area contributed by atoms with Crippen LogP contribution in [-0.2, 0) is 16.1 Å². The Balaban J connectivity index is 2.20. The summed E-state index contributed by atoms with van der Waals surface area (Å²) in [5.41, 5.74) is 2.48. The number of carbonyl (C=O) groups excluding carboxylic acids is 2. The molecule has 5 nitrogen and oxygen atoms in total. The van der Waals surface area contributed by atoms with Crippen LogP contribution in [0.15, 0.2) is 30.3 Å². The number of rotatable bonds is 8. The summed E-state index contributed by atoms with van der Waals surface area (Å²) in [4.78, 5) is 26.8. The number of aryl methyl sites for hydroxylation is 2. The van der Waals surface area contributed by atoms with Gasteiger partial charge in [0.2, 0.25) is 5.91 Å². The topological polar surface area (TPSA) is 58.6 Å². The van der Waals surface area contributed by atoms with Crippen LogP contribution >= 0.6 is 34.8 Å². The maximum absolute atomic E-state index is 13.0. The summed E-state index contributed by atoms with van der Waals surface area (Å²) >= 11 is 18.3. The molecule has 0 aliphatic rings. The van der Waals surface area contributed by atoms with Gasteiger partial charge in [-0.1, -0.05) is 40.9 Å². The Hall–Kier alpha value is -1.95. The van der Waals surface area contributed by atoms with E-state index in [1.165, 1.54) is 4.90 Å². The summed E-state index contributed by atoms with van der Waals surface area (Å²) in [6.45, 7) is 7.69. The van der Waals surface area contributed by atoms with Crippen molar-refractivity contribution in [2.24, 2.45) is 0 Å². The fraction of sp³-hybridized carbons (Fsp3) is 0.364. The van der Waals surface area contributed by atoms with E-state index in [1.807, 2.05) is 20.8 Å². The lowest BCUT2D eigenvalue weighted by molar-refractivity contribution is -0.142. The minimum Gasteiger partial charge on any atom is -0.484 e. The molecule has 0 saturated carbocycles. The lowest BCUT2D eigenvalue weighted by atomic mass is 10.1. The number of carbonyl (C=O) groups is 2. The molecule has 0 unspecified atom stereocenters. The van der Waals surface area contributed by atoms with E-state index in [-0.39, 0.29) is 25.0 Å². The van der Waals surface area contributed by atoms with Gasteiger partial charge in [-0.05, 0) is 68.7 Å². The molecule has 2 rings (SSSR count). The highest BCUT2D eigenvalue weighted by molar-refractivity contribution is 6.42. The van der Waals surface area contributed by atoms with Crippen molar-refractivity contribution in [3.8, 4) is 5.75 Å². The van der Waals surface area contributed by atoms with Gasteiger partial charge in [0.1, 0.15) is 11.8 Å². The second kappa shape index (κ2) is 10.9. The Morgan fingerprint density at radius 3 is 2.27 bits per heavy atom. The molecule has 0 radical (unpaired) electrons. The lowest BCUT2D eigenvalue weighted by Gasteiger charge is -2.28. The highest BCUT2D eigenvalue weighted by atomic mass is 35.5. The number of nitrogens with zero attached hydrogens (tertiary/aromatic N) is 1. The van der Waals surface area contributed by atoms with Crippen molar-refractivity contribution in [3.05, 3.63) is 62.1 Å². The standard InChI is InChI=1S/C22H25Cl3N2O3/c1-5-26-22(29)15(4)27(11-16-6-7-18(23)19(24)10-16)20(28)12-30-17-8-13(2)21(25)14(3)9-17/h6-10,15H,5,11-12H2,1-4H3,(H,26,29)/t15-/m0/s1. The van der Waals surface area contributed by atoms with Crippen LogP contribution in [0, 0.1) is 13.8 Å². The smallest absolute Gasteiger partial charge is 0.261 e. The van der Waals surface area contributed by atoms with Crippen molar-refractivity contribution >= 4 is 46.6 Å². The number of benzene rings is 2. The van der Waals surface area contributed by atoms with E-state index in [2.05, 4.69) is 5.32 Å². The molecule has 0 fully saturated rings. The first-order chi connectivity index (χ1) is 14.1. The Morgan fingerprint density at radius 1 is 1.07 bits per heavy atom. The molecular formula is C22H25Cl3N2O3. The van der Waals surface area contributed by atoms with Gasteiger partial charge in [-0.3, -0.25) is 9.59 Å². The maximum atomic E-state index is 13.0. The molecule has 0 spiro atoms. The molecular weight excluding hydrogens is 447 g/mol. The zero-order valence-corrected chi connectivity index (χ0v) is 19.7. The zero-order valence-electron chi connectivity index (χ0n) is 17.4. The number of hydrogen-bond acceptors (Lipinski definition) is 3. The van der Waals surface area contributed by atoms with Gasteiger partial charge in [0.15, 0.2) is 6.61 Å². The summed E-state index contributed by atoms with van der Waals surface area (Å²) in [7, 11) is 0. The number of halogens is 3. The third-order valence-corrected chi connectivity index (χ3v) is 5.96. The van der Waals surface area contributed by atoms with E-state index in [9.17, 15) is 9.59 Å². The Kier molecular flexibility index (Phi) is 8.83. The molecule has 0 saturated heterocycles. The summed E-state index contributed by atoms with van der Waals surface area (Å²) in [6, 6.07) is 7.98. The van der Waals surface area contributed by atoms with Gasteiger partial charge >= 0.3 is 0 Å². The summed E-state index contributed by atoms with van der Waals surface area (Å²) in [5, 5.41) is 4.22. The number of hydrogen-bond donors (Lipinski definition) is 1. The fourth-order valence-corrected chi connectivity index (χ4v) is 3.39. The number of nitrogens with one attached hydrogen (secondary N) is 1. The first kappa shape index (κ1) is 24.3. The third-order valence-electron chi connectivity index (χ3n) is 4.63. The summed E-state index contributed by atoms with van der Waals surface area (Å²) < 4.78 is 5.71. The van der Waals surface area contributed by atoms with Crippen molar-refractivity contribution in [3.63, 3.8) is 0 Å². The van der Waals surface area contributed by atoms with Crippen LogP contribution in [0.1, 0.15) is 30.5 Å². The summed E-state index contributed by atoms with van der Waals surface area (Å²) in [6.07, 6.45) is 0. The van der Waals surface area contributed by atoms with Crippen LogP contribution in [0.25, 0.3) is 0 Å². The van der Waals surface area contributed by atoms with Crippen LogP contribution in [0.3, 0.4) is 0 Å². The number of amides is 2. The second-order valence-electron chi connectivity index (χ2n) is 7.00. The Bertz CT molecular complexity index is 911. The van der Waals surface area contributed by atoms with Crippen molar-refractivity contribution < 1.29 is 14.3 Å². The summed E-state index contributed by atoms with van der Waals surface area (Å²) in [5.74, 6) is -0.0305. The van der Waals surface area contributed by atoms with Crippen LogP contribution < -0.4 is 10.1 Å². The Morgan fingerprint density at radius 2 is 1.70 bits per heavy atom. The predicted molar refractivity (Wildman–Crippen MR) is 122 cm³/mol. The van der Waals surface area contributed by atoms with Crippen LogP contribution in [0.4, 0.5) is 0 Å². The van der Waals surface area contributed by atoms with Gasteiger partial charge in [-0.25, -0.2) is 0 Å². The van der Waals surface area contributed by atoms with E-state index >= 15 is 0 Å². The van der Waals surface area contributed by atoms with Crippen LogP contribution in [0.2, 0.25) is 15.1 Å². The van der Waals surface area contributed by atoms with Crippen LogP contribution in [-0.4, -0.2) is 35.9 Å². The third kappa shape index (κ3) is 6.27. The van der Waals surface area contributed by atoms with E-state index in [0.29, 0.717) is 27.4 Å². The zero-order chi connectivity index (χ0) is 22.4. The van der Waals surface area contributed by atoms with E-state index < -0.39 is 6.04 Å². The molecule has 0 heterocycles. The quantitative estimate of drug-likeness (QED) is 0.576. The average Bonchev–Trinajstić information content (AvgIpc) is 2.70. The maximum Gasteiger partial charge on any atom is 0.261 e. The molecule has 162 valence electrons. The van der Waals surface area contributed by atoms with Gasteiger partial charge in [0.05, 0.1) is 10.0 Å². The molecule has 0 aliphatic heterocycles. The number of ether oxygens (including phenoxy) is 1. The van der Waals surface area contributed by atoms with Gasteiger partial charge in [0, 0.05) is 18.1 Å². The van der Waals surface area contributed by atoms with Crippen molar-refractivity contribution in [1.82, 2.24) is 10.2 Å². The van der Waals surface area contributed by atoms with Crippen molar-refractivity contribution in [2.45, 2.75) is 40.3 Å². The normalized spacial score (nSPS) is 11.7. The predicted octanol–water partition coefficient (Wildman–Crippen LogP) is 5.20. The average molecular weight is 472 g/mol. The highest BCUT2D eigenvalue weighted by Gasteiger charge is 2.26. The van der Waals surface area contributed by atoms with Gasteiger partial charge in [0.25, 0.3) is 5.91 Å². The van der Waals surface area contributed by atoms with Crippen LogP contribution in [0.5, 0.6) is 5.75 Å². The minimum absolute atomic E-state index is 0.191. The largest absolute Gasteiger partial charge is 0.484 e. The molecule has 8 heteroatoms. The molecule has 1 N–H and O–H groups in total. The highest BCUT2D eigenvalue weighted by Crippen LogP contribution is 2.26. The van der Waals surface area contributed by atoms with Gasteiger partial charge in [-0.15, -0.1) is 0 Å². The van der Waals surface area contributed by atoms with Crippen molar-refractivity contribution in [1.29, 1.82) is 0 Å². The SMILES string of the molecule is CCNC(=O)[C@H](C)N(Cc1ccc(Cl)c(Cl)c1)C(=O)COc1cc(C)c(Cl)c(C)c1.